The molecule has 126 valence electrons. The average Bonchev–Trinajstić information content (AvgIpc) is 2.50. The van der Waals surface area contributed by atoms with Gasteiger partial charge in [-0.2, -0.15) is 0 Å². The summed E-state index contributed by atoms with van der Waals surface area (Å²) in [6, 6.07) is 2.95. The van der Waals surface area contributed by atoms with E-state index in [4.69, 9.17) is 0 Å². The Balaban J connectivity index is 1.85. The molecular weight excluding hydrogens is 304 g/mol. The first-order valence-electron chi connectivity index (χ1n) is 7.68. The number of hydrogen-bond acceptors (Lipinski definition) is 2. The van der Waals surface area contributed by atoms with Crippen molar-refractivity contribution in [2.75, 3.05) is 13.1 Å². The molecule has 5 nitrogen and oxygen atoms in total. The quantitative estimate of drug-likeness (QED) is 0.895. The maximum atomic E-state index is 13.2. The second kappa shape index (κ2) is 7.39. The summed E-state index contributed by atoms with van der Waals surface area (Å²) in [6.07, 6.45) is 1.25. The molecule has 1 aromatic rings. The summed E-state index contributed by atoms with van der Waals surface area (Å²) in [6.45, 7) is 4.88. The van der Waals surface area contributed by atoms with Crippen molar-refractivity contribution < 1.29 is 18.4 Å². The van der Waals surface area contributed by atoms with Crippen molar-refractivity contribution in [1.29, 1.82) is 0 Å². The molecule has 1 aliphatic rings. The summed E-state index contributed by atoms with van der Waals surface area (Å²) in [5.74, 6) is -2.46. The maximum absolute atomic E-state index is 13.2. The van der Waals surface area contributed by atoms with Crippen LogP contribution in [0.25, 0.3) is 0 Å². The number of carbonyl (C=O) groups excluding carboxylic acids is 2. The van der Waals surface area contributed by atoms with Crippen molar-refractivity contribution in [1.82, 2.24) is 15.5 Å². The number of rotatable bonds is 3. The average molecular weight is 325 g/mol. The molecule has 1 aliphatic heterocycles. The molecule has 0 atom stereocenters. The van der Waals surface area contributed by atoms with E-state index in [-0.39, 0.29) is 23.7 Å². The largest absolute Gasteiger partial charge is 0.349 e. The third-order valence-electron chi connectivity index (χ3n) is 3.71. The number of nitrogens with zero attached hydrogens (tertiary/aromatic N) is 1. The van der Waals surface area contributed by atoms with Crippen LogP contribution in [0.4, 0.5) is 13.6 Å². The third kappa shape index (κ3) is 4.64. The maximum Gasteiger partial charge on any atom is 0.317 e. The summed E-state index contributed by atoms with van der Waals surface area (Å²) in [7, 11) is 0. The number of carbonyl (C=O) groups is 2. The van der Waals surface area contributed by atoms with Gasteiger partial charge in [-0.15, -0.1) is 0 Å². The van der Waals surface area contributed by atoms with Crippen LogP contribution >= 0.6 is 0 Å². The zero-order chi connectivity index (χ0) is 17.0. The van der Waals surface area contributed by atoms with Crippen molar-refractivity contribution in [2.45, 2.75) is 38.8 Å². The Labute approximate surface area is 134 Å². The fourth-order valence-corrected chi connectivity index (χ4v) is 2.47. The van der Waals surface area contributed by atoms with Gasteiger partial charge >= 0.3 is 6.03 Å². The van der Waals surface area contributed by atoms with Crippen LogP contribution < -0.4 is 10.6 Å². The van der Waals surface area contributed by atoms with Crippen molar-refractivity contribution in [3.8, 4) is 0 Å². The molecule has 23 heavy (non-hydrogen) atoms. The molecule has 1 saturated heterocycles. The summed E-state index contributed by atoms with van der Waals surface area (Å²) >= 11 is 0. The van der Waals surface area contributed by atoms with E-state index in [1.165, 1.54) is 6.07 Å². The number of nitrogens with one attached hydrogen (secondary N) is 2. The zero-order valence-corrected chi connectivity index (χ0v) is 13.2. The van der Waals surface area contributed by atoms with Gasteiger partial charge < -0.3 is 15.5 Å². The van der Waals surface area contributed by atoms with Crippen LogP contribution in [-0.2, 0) is 0 Å². The number of hydrogen-bond donors (Lipinski definition) is 2. The number of likely N-dealkylation sites (tertiary alicyclic amines) is 1. The normalized spacial score (nSPS) is 15.6. The Hall–Kier alpha value is -2.18. The molecule has 0 saturated carbocycles. The second-order valence-corrected chi connectivity index (χ2v) is 5.97. The van der Waals surface area contributed by atoms with Gasteiger partial charge in [-0.25, -0.2) is 13.6 Å². The van der Waals surface area contributed by atoms with Gasteiger partial charge in [-0.05, 0) is 44.9 Å². The predicted octanol–water partition coefficient (Wildman–Crippen LogP) is 2.28. The van der Waals surface area contributed by atoms with Gasteiger partial charge in [0.2, 0.25) is 0 Å². The monoisotopic (exact) mass is 325 g/mol. The Kier molecular flexibility index (Phi) is 5.52. The first kappa shape index (κ1) is 17.2. The molecule has 1 aromatic carbocycles. The standard InChI is InChI=1S/C16H21F2N3O2/c1-10(2)19-16(23)21-7-5-12(6-8-21)20-15(22)11-3-4-13(17)14(18)9-11/h3-4,9-10,12H,5-8H2,1-2H3,(H,19,23)(H,20,22). The Morgan fingerprint density at radius 3 is 2.39 bits per heavy atom. The Morgan fingerprint density at radius 1 is 1.17 bits per heavy atom. The first-order valence-corrected chi connectivity index (χ1v) is 7.68. The summed E-state index contributed by atoms with van der Waals surface area (Å²) in [4.78, 5) is 25.6. The lowest BCUT2D eigenvalue weighted by Crippen LogP contribution is -2.50. The summed E-state index contributed by atoms with van der Waals surface area (Å²) in [5.41, 5.74) is 0.0869. The fourth-order valence-electron chi connectivity index (χ4n) is 2.47. The smallest absolute Gasteiger partial charge is 0.317 e. The fraction of sp³-hybridized carbons (Fsp3) is 0.500. The van der Waals surface area contributed by atoms with E-state index in [0.717, 1.165) is 12.1 Å². The van der Waals surface area contributed by atoms with Crippen LogP contribution in [0.3, 0.4) is 0 Å². The molecule has 1 fully saturated rings. The number of urea groups is 1. The highest BCUT2D eigenvalue weighted by atomic mass is 19.2. The molecule has 3 amide bonds. The van der Waals surface area contributed by atoms with E-state index in [1.54, 1.807) is 4.90 Å². The number of amides is 3. The molecule has 0 bridgehead atoms. The first-order chi connectivity index (χ1) is 10.9. The topological polar surface area (TPSA) is 61.4 Å². The number of halogens is 2. The zero-order valence-electron chi connectivity index (χ0n) is 13.2. The van der Waals surface area contributed by atoms with Crippen LogP contribution in [0, 0.1) is 11.6 Å². The molecule has 2 N–H and O–H groups in total. The lowest BCUT2D eigenvalue weighted by Gasteiger charge is -2.32. The van der Waals surface area contributed by atoms with Gasteiger partial charge in [0.05, 0.1) is 0 Å². The van der Waals surface area contributed by atoms with Crippen molar-refractivity contribution in [3.63, 3.8) is 0 Å². The molecule has 7 heteroatoms. The van der Waals surface area contributed by atoms with E-state index in [0.29, 0.717) is 25.9 Å². The summed E-state index contributed by atoms with van der Waals surface area (Å²) < 4.78 is 26.0. The number of benzene rings is 1. The molecule has 0 unspecified atom stereocenters. The minimum absolute atomic E-state index is 0.0771. The highest BCUT2D eigenvalue weighted by Crippen LogP contribution is 2.13. The SMILES string of the molecule is CC(C)NC(=O)N1CCC(NC(=O)c2ccc(F)c(F)c2)CC1. The molecule has 0 aromatic heterocycles. The van der Waals surface area contributed by atoms with E-state index in [2.05, 4.69) is 10.6 Å². The molecule has 0 radical (unpaired) electrons. The van der Waals surface area contributed by atoms with Crippen molar-refractivity contribution in [3.05, 3.63) is 35.4 Å². The lowest BCUT2D eigenvalue weighted by atomic mass is 10.0. The highest BCUT2D eigenvalue weighted by molar-refractivity contribution is 5.94. The lowest BCUT2D eigenvalue weighted by molar-refractivity contribution is 0.0917. The van der Waals surface area contributed by atoms with Crippen molar-refractivity contribution >= 4 is 11.9 Å². The minimum Gasteiger partial charge on any atom is -0.349 e. The molecule has 0 aliphatic carbocycles. The van der Waals surface area contributed by atoms with Crippen LogP contribution in [0.1, 0.15) is 37.0 Å². The third-order valence-corrected chi connectivity index (χ3v) is 3.71. The van der Waals surface area contributed by atoms with Crippen LogP contribution in [0.5, 0.6) is 0 Å². The van der Waals surface area contributed by atoms with E-state index in [1.807, 2.05) is 13.8 Å². The van der Waals surface area contributed by atoms with Gasteiger partial charge in [0.15, 0.2) is 11.6 Å². The van der Waals surface area contributed by atoms with E-state index in [9.17, 15) is 18.4 Å². The number of piperidine rings is 1. The van der Waals surface area contributed by atoms with Crippen LogP contribution in [0.2, 0.25) is 0 Å². The van der Waals surface area contributed by atoms with Gasteiger partial charge in [-0.1, -0.05) is 0 Å². The van der Waals surface area contributed by atoms with E-state index < -0.39 is 17.5 Å². The predicted molar refractivity (Wildman–Crippen MR) is 82.1 cm³/mol. The Bertz CT molecular complexity index is 585. The van der Waals surface area contributed by atoms with Crippen LogP contribution in [0.15, 0.2) is 18.2 Å². The molecular formula is C16H21F2N3O2. The van der Waals surface area contributed by atoms with Gasteiger partial charge in [0.1, 0.15) is 0 Å². The minimum atomic E-state index is -1.04. The highest BCUT2D eigenvalue weighted by Gasteiger charge is 2.24. The summed E-state index contributed by atoms with van der Waals surface area (Å²) in [5, 5.41) is 5.62. The van der Waals surface area contributed by atoms with Gasteiger partial charge in [-0.3, -0.25) is 4.79 Å². The van der Waals surface area contributed by atoms with Crippen molar-refractivity contribution in [2.24, 2.45) is 0 Å². The molecule has 1 heterocycles. The molecule has 2 rings (SSSR count). The van der Waals surface area contributed by atoms with E-state index >= 15 is 0 Å². The van der Waals surface area contributed by atoms with Gasteiger partial charge in [0, 0.05) is 30.7 Å². The second-order valence-electron chi connectivity index (χ2n) is 5.97. The van der Waals surface area contributed by atoms with Crippen LogP contribution in [-0.4, -0.2) is 42.0 Å². The van der Waals surface area contributed by atoms with Gasteiger partial charge in [0.25, 0.3) is 5.91 Å². The molecule has 0 spiro atoms. The Morgan fingerprint density at radius 2 is 1.83 bits per heavy atom.